The third-order valence-electron chi connectivity index (χ3n) is 4.48. The molecule has 0 atom stereocenters. The third-order valence-corrected chi connectivity index (χ3v) is 4.48. The second-order valence-corrected chi connectivity index (χ2v) is 6.37. The first kappa shape index (κ1) is 19.9. The van der Waals surface area contributed by atoms with Gasteiger partial charge in [0.05, 0.1) is 4.92 Å². The molecule has 3 heterocycles. The van der Waals surface area contributed by atoms with Crippen molar-refractivity contribution >= 4 is 30.5 Å². The number of rotatable bonds is 4. The van der Waals surface area contributed by atoms with E-state index >= 15 is 0 Å². The Morgan fingerprint density at radius 2 is 1.86 bits per heavy atom. The van der Waals surface area contributed by atoms with Crippen molar-refractivity contribution < 1.29 is 18.1 Å². The predicted molar refractivity (Wildman–Crippen MR) is 97.4 cm³/mol. The monoisotopic (exact) mass is 392 g/mol. The lowest BCUT2D eigenvalue weighted by molar-refractivity contribution is -0.383. The van der Waals surface area contributed by atoms with Crippen LogP contribution in [-0.4, -0.2) is 53.8 Å². The van der Waals surface area contributed by atoms with Crippen LogP contribution in [0.5, 0.6) is 0 Å². The molecule has 12 heteroatoms. The highest BCUT2D eigenvalue weighted by atomic mass is 19.4. The zero-order valence-electron chi connectivity index (χ0n) is 14.7. The highest BCUT2D eigenvalue weighted by molar-refractivity contribution is 6.36. The Labute approximate surface area is 159 Å². The number of nitrogen functional groups attached to an aromatic ring is 1. The van der Waals surface area contributed by atoms with E-state index in [0.29, 0.717) is 38.3 Å². The third kappa shape index (κ3) is 4.16. The van der Waals surface area contributed by atoms with E-state index in [1.54, 1.807) is 4.90 Å². The van der Waals surface area contributed by atoms with Crippen molar-refractivity contribution in [3.8, 4) is 0 Å². The molecule has 0 aliphatic carbocycles. The topological polar surface area (TPSA) is 101 Å². The maximum Gasteiger partial charge on any atom is 0.433 e. The van der Waals surface area contributed by atoms with Crippen LogP contribution in [-0.2, 0) is 12.7 Å². The van der Waals surface area contributed by atoms with Crippen molar-refractivity contribution in [2.24, 2.45) is 0 Å². The van der Waals surface area contributed by atoms with Gasteiger partial charge in [-0.25, -0.2) is 4.98 Å². The van der Waals surface area contributed by atoms with Gasteiger partial charge in [-0.3, -0.25) is 20.0 Å². The Hall–Kier alpha value is -2.89. The molecule has 1 saturated heterocycles. The Bertz CT molecular complexity index is 870. The molecular weight excluding hydrogens is 376 g/mol. The molecule has 0 unspecified atom stereocenters. The number of pyridine rings is 2. The van der Waals surface area contributed by atoms with Gasteiger partial charge >= 0.3 is 11.9 Å². The summed E-state index contributed by atoms with van der Waals surface area (Å²) in [6, 6.07) is 2.35. The first-order valence-electron chi connectivity index (χ1n) is 8.34. The summed E-state index contributed by atoms with van der Waals surface area (Å²) in [5.41, 5.74) is 5.45. The molecule has 3 rings (SSSR count). The fourth-order valence-corrected chi connectivity index (χ4v) is 3.11. The van der Waals surface area contributed by atoms with Gasteiger partial charge in [-0.1, -0.05) is 6.07 Å². The zero-order chi connectivity index (χ0) is 20.5. The average molecular weight is 392 g/mol. The molecule has 2 aromatic heterocycles. The summed E-state index contributed by atoms with van der Waals surface area (Å²) >= 11 is 0. The van der Waals surface area contributed by atoms with E-state index in [1.807, 2.05) is 4.90 Å². The van der Waals surface area contributed by atoms with Crippen molar-refractivity contribution in [3.63, 3.8) is 0 Å². The van der Waals surface area contributed by atoms with E-state index in [2.05, 4.69) is 9.97 Å². The second kappa shape index (κ2) is 7.62. The summed E-state index contributed by atoms with van der Waals surface area (Å²) in [6.45, 7) is 2.40. The van der Waals surface area contributed by atoms with Crippen LogP contribution in [0.15, 0.2) is 24.5 Å². The molecule has 0 aromatic carbocycles. The van der Waals surface area contributed by atoms with E-state index in [1.165, 1.54) is 18.5 Å². The molecule has 2 radical (unpaired) electrons. The SMILES string of the molecule is [B]c1cnc(N)c([N+](=O)[O-])c1N1CCN(Cc2ccc(C(F)(F)F)nc2)CC1. The summed E-state index contributed by atoms with van der Waals surface area (Å²) in [7, 11) is 5.89. The highest BCUT2D eigenvalue weighted by Crippen LogP contribution is 2.31. The molecule has 146 valence electrons. The maximum atomic E-state index is 12.6. The quantitative estimate of drug-likeness (QED) is 0.473. The Kier molecular flexibility index (Phi) is 5.41. The molecule has 2 aromatic rings. The summed E-state index contributed by atoms with van der Waals surface area (Å²) < 4.78 is 37.7. The van der Waals surface area contributed by atoms with Gasteiger partial charge in [-0.15, -0.1) is 0 Å². The second-order valence-electron chi connectivity index (χ2n) is 6.37. The Balaban J connectivity index is 1.67. The molecular formula is C16H16BF3N6O2. The molecule has 8 nitrogen and oxygen atoms in total. The molecule has 0 amide bonds. The van der Waals surface area contributed by atoms with Gasteiger partial charge in [0.25, 0.3) is 0 Å². The standard InChI is InChI=1S/C16H16BF3N6O2/c17-11-8-23-15(21)14(26(27)28)13(11)25-5-3-24(4-6-25)9-10-1-2-12(22-7-10)16(18,19)20/h1-2,7-8H,3-6,9H2,(H2,21,23). The van der Waals surface area contributed by atoms with Gasteiger partial charge in [0.1, 0.15) is 19.2 Å². The van der Waals surface area contributed by atoms with Crippen LogP contribution in [0.4, 0.5) is 30.4 Å². The average Bonchev–Trinajstić information content (AvgIpc) is 2.63. The zero-order valence-corrected chi connectivity index (χ0v) is 14.7. The van der Waals surface area contributed by atoms with Crippen LogP contribution in [0, 0.1) is 10.1 Å². The van der Waals surface area contributed by atoms with Crippen LogP contribution in [0.3, 0.4) is 0 Å². The van der Waals surface area contributed by atoms with Crippen molar-refractivity contribution in [1.82, 2.24) is 14.9 Å². The molecule has 0 spiro atoms. The first-order chi connectivity index (χ1) is 13.2. The summed E-state index contributed by atoms with van der Waals surface area (Å²) in [6.07, 6.45) is -1.97. The van der Waals surface area contributed by atoms with Crippen molar-refractivity contribution in [3.05, 3.63) is 45.9 Å². The number of nitrogens with zero attached hydrogens (tertiary/aromatic N) is 5. The lowest BCUT2D eigenvalue weighted by Crippen LogP contribution is -2.47. The molecule has 2 N–H and O–H groups in total. The van der Waals surface area contributed by atoms with Gasteiger partial charge in [0.2, 0.25) is 5.82 Å². The van der Waals surface area contributed by atoms with Crippen molar-refractivity contribution in [2.75, 3.05) is 36.8 Å². The number of aromatic nitrogens is 2. The Morgan fingerprint density at radius 3 is 2.39 bits per heavy atom. The number of anilines is 2. The number of halogens is 3. The van der Waals surface area contributed by atoms with E-state index in [0.717, 1.165) is 6.07 Å². The normalized spacial score (nSPS) is 15.6. The number of nitrogens with two attached hydrogens (primary N) is 1. The van der Waals surface area contributed by atoms with Crippen LogP contribution >= 0.6 is 0 Å². The number of piperazine rings is 1. The van der Waals surface area contributed by atoms with Crippen LogP contribution in [0.1, 0.15) is 11.3 Å². The van der Waals surface area contributed by atoms with Gasteiger partial charge in [-0.05, 0) is 17.1 Å². The number of hydrogen-bond acceptors (Lipinski definition) is 7. The van der Waals surface area contributed by atoms with Gasteiger partial charge < -0.3 is 10.6 Å². The van der Waals surface area contributed by atoms with E-state index in [-0.39, 0.29) is 22.7 Å². The minimum atomic E-state index is -4.47. The lowest BCUT2D eigenvalue weighted by atomic mass is 9.94. The largest absolute Gasteiger partial charge is 0.433 e. The molecule has 28 heavy (non-hydrogen) atoms. The maximum absolute atomic E-state index is 12.6. The highest BCUT2D eigenvalue weighted by Gasteiger charge is 2.32. The van der Waals surface area contributed by atoms with Crippen LogP contribution in [0.25, 0.3) is 0 Å². The van der Waals surface area contributed by atoms with Gasteiger partial charge in [0.15, 0.2) is 0 Å². The van der Waals surface area contributed by atoms with Crippen LogP contribution in [0.2, 0.25) is 0 Å². The lowest BCUT2D eigenvalue weighted by Gasteiger charge is -2.36. The minimum Gasteiger partial charge on any atom is -0.378 e. The fourth-order valence-electron chi connectivity index (χ4n) is 3.11. The fraction of sp³-hybridized carbons (Fsp3) is 0.375. The number of hydrogen-bond donors (Lipinski definition) is 1. The van der Waals surface area contributed by atoms with Gasteiger partial charge in [0, 0.05) is 45.1 Å². The molecule has 0 bridgehead atoms. The first-order valence-corrected chi connectivity index (χ1v) is 8.34. The Morgan fingerprint density at radius 1 is 1.18 bits per heavy atom. The summed E-state index contributed by atoms with van der Waals surface area (Å²) in [4.78, 5) is 21.7. The van der Waals surface area contributed by atoms with Crippen molar-refractivity contribution in [1.29, 1.82) is 0 Å². The van der Waals surface area contributed by atoms with Crippen LogP contribution < -0.4 is 16.1 Å². The van der Waals surface area contributed by atoms with E-state index < -0.39 is 16.8 Å². The molecule has 1 aliphatic rings. The van der Waals surface area contributed by atoms with E-state index in [9.17, 15) is 23.3 Å². The van der Waals surface area contributed by atoms with Crippen molar-refractivity contribution in [2.45, 2.75) is 12.7 Å². The molecule has 1 aliphatic heterocycles. The summed E-state index contributed by atoms with van der Waals surface area (Å²) in [5.74, 6) is -0.201. The summed E-state index contributed by atoms with van der Waals surface area (Å²) in [5, 5.41) is 11.3. The molecule has 1 fully saturated rings. The van der Waals surface area contributed by atoms with Gasteiger partial charge in [-0.2, -0.15) is 13.2 Å². The predicted octanol–water partition coefficient (Wildman–Crippen LogP) is 1.10. The van der Waals surface area contributed by atoms with E-state index in [4.69, 9.17) is 13.6 Å². The molecule has 0 saturated carbocycles. The number of alkyl halides is 3. The number of nitro groups is 1. The minimum absolute atomic E-state index is 0.168. The smallest absolute Gasteiger partial charge is 0.378 e.